The van der Waals surface area contributed by atoms with E-state index in [-0.39, 0.29) is 31.0 Å². The lowest BCUT2D eigenvalue weighted by Gasteiger charge is -2.38. The van der Waals surface area contributed by atoms with Crippen molar-refractivity contribution in [1.82, 2.24) is 10.2 Å². The van der Waals surface area contributed by atoms with Crippen molar-refractivity contribution in [2.45, 2.75) is 45.7 Å². The van der Waals surface area contributed by atoms with Gasteiger partial charge in [-0.15, -0.1) is 12.4 Å². The Morgan fingerprint density at radius 2 is 1.95 bits per heavy atom. The molecule has 0 saturated carbocycles. The van der Waals surface area contributed by atoms with Gasteiger partial charge in [-0.25, -0.2) is 0 Å². The summed E-state index contributed by atoms with van der Waals surface area (Å²) in [4.78, 5) is 14.2. The Bertz CT molecular complexity index is 476. The fourth-order valence-corrected chi connectivity index (χ4v) is 2.59. The highest BCUT2D eigenvalue weighted by Crippen LogP contribution is 2.19. The van der Waals surface area contributed by atoms with Gasteiger partial charge in [-0.3, -0.25) is 4.79 Å². The number of nitrogens with one attached hydrogen (secondary N) is 1. The van der Waals surface area contributed by atoms with Gasteiger partial charge < -0.3 is 15.0 Å². The van der Waals surface area contributed by atoms with E-state index in [1.807, 2.05) is 17.0 Å². The van der Waals surface area contributed by atoms with E-state index in [1.54, 1.807) is 0 Å². The lowest BCUT2D eigenvalue weighted by atomic mass is 10.0. The van der Waals surface area contributed by atoms with E-state index in [4.69, 9.17) is 4.74 Å². The molecule has 1 saturated heterocycles. The third-order valence-electron chi connectivity index (χ3n) is 4.26. The predicted octanol–water partition coefficient (Wildman–Crippen LogP) is 2.82. The number of halogens is 1. The van der Waals surface area contributed by atoms with Crippen molar-refractivity contribution in [1.29, 1.82) is 0 Å². The standard InChI is InChI=1S/C17H26N2O2.ClH/c1-12(2)15-5-7-16(8-6-15)21-11-17(20)19-10-9-18-13(3)14(19)4;/h5-8,12-14,18H,9-11H2,1-4H3;1H. The Morgan fingerprint density at radius 3 is 2.55 bits per heavy atom. The zero-order valence-corrected chi connectivity index (χ0v) is 14.7. The molecule has 1 aliphatic heterocycles. The summed E-state index contributed by atoms with van der Waals surface area (Å²) in [6, 6.07) is 8.52. The Kier molecular flexibility index (Phi) is 7.17. The number of piperazine rings is 1. The Morgan fingerprint density at radius 1 is 1.32 bits per heavy atom. The molecule has 1 amide bonds. The molecule has 4 nitrogen and oxygen atoms in total. The van der Waals surface area contributed by atoms with E-state index in [0.717, 1.165) is 18.8 Å². The highest BCUT2D eigenvalue weighted by atomic mass is 35.5. The van der Waals surface area contributed by atoms with Crippen molar-refractivity contribution in [3.8, 4) is 5.75 Å². The molecular formula is C17H27ClN2O2. The lowest BCUT2D eigenvalue weighted by Crippen LogP contribution is -2.58. The van der Waals surface area contributed by atoms with E-state index < -0.39 is 0 Å². The maximum absolute atomic E-state index is 12.3. The molecule has 1 N–H and O–H groups in total. The van der Waals surface area contributed by atoms with Gasteiger partial charge in [-0.05, 0) is 37.5 Å². The number of ether oxygens (including phenoxy) is 1. The molecule has 1 aliphatic rings. The Balaban J connectivity index is 0.00000242. The molecule has 1 aromatic carbocycles. The van der Waals surface area contributed by atoms with E-state index in [2.05, 4.69) is 45.1 Å². The Hall–Kier alpha value is -1.26. The predicted molar refractivity (Wildman–Crippen MR) is 91.9 cm³/mol. The molecule has 124 valence electrons. The average Bonchev–Trinajstić information content (AvgIpc) is 2.48. The van der Waals surface area contributed by atoms with Gasteiger partial charge in [0.15, 0.2) is 6.61 Å². The number of hydrogen-bond donors (Lipinski definition) is 1. The minimum atomic E-state index is 0. The topological polar surface area (TPSA) is 41.6 Å². The van der Waals surface area contributed by atoms with Crippen LogP contribution in [0.4, 0.5) is 0 Å². The molecule has 0 bridgehead atoms. The molecule has 1 heterocycles. The summed E-state index contributed by atoms with van der Waals surface area (Å²) in [7, 11) is 0. The molecule has 0 radical (unpaired) electrons. The number of amides is 1. The molecule has 2 unspecified atom stereocenters. The largest absolute Gasteiger partial charge is 0.484 e. The first kappa shape index (κ1) is 18.8. The third kappa shape index (κ3) is 4.62. The fraction of sp³-hybridized carbons (Fsp3) is 0.588. The Labute approximate surface area is 139 Å². The van der Waals surface area contributed by atoms with Crippen LogP contribution in [0.1, 0.15) is 39.2 Å². The maximum atomic E-state index is 12.3. The van der Waals surface area contributed by atoms with E-state index in [0.29, 0.717) is 12.0 Å². The van der Waals surface area contributed by atoms with Crippen LogP contribution in [0, 0.1) is 0 Å². The third-order valence-corrected chi connectivity index (χ3v) is 4.26. The first-order valence-corrected chi connectivity index (χ1v) is 7.74. The average molecular weight is 327 g/mol. The summed E-state index contributed by atoms with van der Waals surface area (Å²) in [5.74, 6) is 1.32. The summed E-state index contributed by atoms with van der Waals surface area (Å²) in [6.07, 6.45) is 0. The van der Waals surface area contributed by atoms with Gasteiger partial charge in [0.1, 0.15) is 5.75 Å². The number of rotatable bonds is 4. The highest BCUT2D eigenvalue weighted by molar-refractivity contribution is 5.85. The van der Waals surface area contributed by atoms with Crippen LogP contribution >= 0.6 is 12.4 Å². The van der Waals surface area contributed by atoms with Gasteiger partial charge in [0.25, 0.3) is 5.91 Å². The number of hydrogen-bond acceptors (Lipinski definition) is 3. The number of benzene rings is 1. The van der Waals surface area contributed by atoms with Crippen molar-refractivity contribution in [3.05, 3.63) is 29.8 Å². The smallest absolute Gasteiger partial charge is 0.260 e. The molecule has 2 atom stereocenters. The van der Waals surface area contributed by atoms with Gasteiger partial charge in [0.05, 0.1) is 0 Å². The maximum Gasteiger partial charge on any atom is 0.260 e. The van der Waals surface area contributed by atoms with Crippen LogP contribution in [0.25, 0.3) is 0 Å². The molecular weight excluding hydrogens is 300 g/mol. The summed E-state index contributed by atoms with van der Waals surface area (Å²) in [6.45, 7) is 10.2. The normalized spacial score (nSPS) is 21.4. The summed E-state index contributed by atoms with van der Waals surface area (Å²) >= 11 is 0. The fourth-order valence-electron chi connectivity index (χ4n) is 2.59. The minimum Gasteiger partial charge on any atom is -0.484 e. The van der Waals surface area contributed by atoms with Crippen LogP contribution < -0.4 is 10.1 Å². The van der Waals surface area contributed by atoms with Crippen LogP contribution in [0.5, 0.6) is 5.75 Å². The second-order valence-electron chi connectivity index (χ2n) is 6.08. The number of nitrogens with zero attached hydrogens (tertiary/aromatic N) is 1. The minimum absolute atomic E-state index is 0. The second kappa shape index (κ2) is 8.39. The molecule has 5 heteroatoms. The van der Waals surface area contributed by atoms with Gasteiger partial charge in [-0.2, -0.15) is 0 Å². The van der Waals surface area contributed by atoms with Gasteiger partial charge >= 0.3 is 0 Å². The van der Waals surface area contributed by atoms with E-state index in [9.17, 15) is 4.79 Å². The molecule has 22 heavy (non-hydrogen) atoms. The molecule has 0 aliphatic carbocycles. The van der Waals surface area contributed by atoms with Crippen LogP contribution in [0.2, 0.25) is 0 Å². The molecule has 1 aromatic rings. The van der Waals surface area contributed by atoms with Crippen LogP contribution in [-0.2, 0) is 4.79 Å². The molecule has 1 fully saturated rings. The SMILES string of the molecule is CC(C)c1ccc(OCC(=O)N2CCNC(C)C2C)cc1.Cl. The first-order valence-electron chi connectivity index (χ1n) is 7.74. The summed E-state index contributed by atoms with van der Waals surface area (Å²) in [5, 5.41) is 3.37. The second-order valence-corrected chi connectivity index (χ2v) is 6.08. The highest BCUT2D eigenvalue weighted by Gasteiger charge is 2.28. The molecule has 0 aromatic heterocycles. The van der Waals surface area contributed by atoms with Gasteiger partial charge in [-0.1, -0.05) is 26.0 Å². The van der Waals surface area contributed by atoms with Gasteiger partial charge in [0.2, 0.25) is 0 Å². The van der Waals surface area contributed by atoms with E-state index in [1.165, 1.54) is 5.56 Å². The monoisotopic (exact) mass is 326 g/mol. The van der Waals surface area contributed by atoms with Crippen LogP contribution in [0.15, 0.2) is 24.3 Å². The van der Waals surface area contributed by atoms with Crippen molar-refractivity contribution in [2.75, 3.05) is 19.7 Å². The van der Waals surface area contributed by atoms with Crippen molar-refractivity contribution in [3.63, 3.8) is 0 Å². The lowest BCUT2D eigenvalue weighted by molar-refractivity contribution is -0.137. The zero-order chi connectivity index (χ0) is 15.4. The molecule has 0 spiro atoms. The zero-order valence-electron chi connectivity index (χ0n) is 13.8. The van der Waals surface area contributed by atoms with Crippen molar-refractivity contribution in [2.24, 2.45) is 0 Å². The molecule has 2 rings (SSSR count). The number of carbonyl (C=O) groups excluding carboxylic acids is 1. The van der Waals surface area contributed by atoms with Crippen LogP contribution in [-0.4, -0.2) is 42.6 Å². The van der Waals surface area contributed by atoms with Crippen molar-refractivity contribution >= 4 is 18.3 Å². The van der Waals surface area contributed by atoms with E-state index >= 15 is 0 Å². The number of carbonyl (C=O) groups is 1. The van der Waals surface area contributed by atoms with Crippen molar-refractivity contribution < 1.29 is 9.53 Å². The summed E-state index contributed by atoms with van der Waals surface area (Å²) in [5.41, 5.74) is 1.28. The van der Waals surface area contributed by atoms with Crippen LogP contribution in [0.3, 0.4) is 0 Å². The first-order chi connectivity index (χ1) is 9.99. The van der Waals surface area contributed by atoms with Gasteiger partial charge in [0, 0.05) is 25.2 Å². The summed E-state index contributed by atoms with van der Waals surface area (Å²) < 4.78 is 5.63. The quantitative estimate of drug-likeness (QED) is 0.925.